The number of aromatic nitrogens is 2. The number of para-hydroxylation sites is 2. The molecular formula is C49H31N2OP. The summed E-state index contributed by atoms with van der Waals surface area (Å²) in [6, 6.07) is 65.6. The molecule has 0 N–H and O–H groups in total. The van der Waals surface area contributed by atoms with E-state index in [0.717, 1.165) is 70.8 Å². The molecule has 0 saturated carbocycles. The molecule has 1 atom stereocenters. The second-order valence-electron chi connectivity index (χ2n) is 13.9. The maximum Gasteiger partial charge on any atom is 0.171 e. The van der Waals surface area contributed by atoms with Crippen molar-refractivity contribution >= 4 is 93.7 Å². The van der Waals surface area contributed by atoms with Crippen LogP contribution < -0.4 is 15.9 Å². The highest BCUT2D eigenvalue weighted by Crippen LogP contribution is 2.45. The second kappa shape index (κ2) is 11.5. The normalized spacial score (nSPS) is 13.1. The Balaban J connectivity index is 1.10. The smallest absolute Gasteiger partial charge is 0.171 e. The first-order chi connectivity index (χ1) is 26.1. The van der Waals surface area contributed by atoms with Gasteiger partial charge in [0.15, 0.2) is 7.14 Å². The molecule has 11 rings (SSSR count). The van der Waals surface area contributed by atoms with Crippen LogP contribution >= 0.6 is 7.14 Å². The maximum absolute atomic E-state index is 15.6. The number of rotatable bonds is 4. The Labute approximate surface area is 305 Å². The fourth-order valence-electron chi connectivity index (χ4n) is 8.46. The summed E-state index contributed by atoms with van der Waals surface area (Å²) in [4.78, 5) is 5.22. The van der Waals surface area contributed by atoms with E-state index < -0.39 is 7.14 Å². The second-order valence-corrected chi connectivity index (χ2v) is 16.6. The summed E-state index contributed by atoms with van der Waals surface area (Å²) in [5, 5.41) is 12.8. The van der Waals surface area contributed by atoms with E-state index in [1.807, 2.05) is 54.6 Å². The summed E-state index contributed by atoms with van der Waals surface area (Å²) in [6.07, 6.45) is 0. The van der Waals surface area contributed by atoms with Gasteiger partial charge in [0, 0.05) is 26.7 Å². The minimum Gasteiger partial charge on any atom is -0.309 e. The molecule has 2 heterocycles. The molecule has 1 unspecified atom stereocenters. The fourth-order valence-corrected chi connectivity index (χ4v) is 11.3. The molecule has 11 aromatic rings. The van der Waals surface area contributed by atoms with Gasteiger partial charge in [-0.15, -0.1) is 0 Å². The molecule has 2 aromatic heterocycles. The summed E-state index contributed by atoms with van der Waals surface area (Å²) in [7, 11) is -3.21. The van der Waals surface area contributed by atoms with Gasteiger partial charge in [0.05, 0.1) is 16.6 Å². The van der Waals surface area contributed by atoms with E-state index in [9.17, 15) is 0 Å². The molecule has 0 aliphatic carbocycles. The van der Waals surface area contributed by atoms with Crippen LogP contribution in [0.4, 0.5) is 0 Å². The molecule has 53 heavy (non-hydrogen) atoms. The molecule has 0 spiro atoms. The molecule has 9 aromatic carbocycles. The lowest BCUT2D eigenvalue weighted by Crippen LogP contribution is -2.25. The van der Waals surface area contributed by atoms with Crippen molar-refractivity contribution < 1.29 is 4.57 Å². The molecule has 0 radical (unpaired) electrons. The highest BCUT2D eigenvalue weighted by Gasteiger charge is 2.31. The van der Waals surface area contributed by atoms with Gasteiger partial charge in [0.25, 0.3) is 0 Å². The van der Waals surface area contributed by atoms with Crippen LogP contribution in [0.25, 0.3) is 81.8 Å². The number of benzene rings is 9. The molecular weight excluding hydrogens is 664 g/mol. The third kappa shape index (κ3) is 4.48. The van der Waals surface area contributed by atoms with E-state index in [-0.39, 0.29) is 0 Å². The van der Waals surface area contributed by atoms with Crippen LogP contribution in [-0.2, 0) is 4.57 Å². The zero-order valence-corrected chi connectivity index (χ0v) is 29.5. The van der Waals surface area contributed by atoms with Crippen LogP contribution in [0.3, 0.4) is 0 Å². The average molecular weight is 695 g/mol. The minimum absolute atomic E-state index is 0.833. The first-order valence-electron chi connectivity index (χ1n) is 18.0. The zero-order chi connectivity index (χ0) is 35.1. The van der Waals surface area contributed by atoms with Crippen molar-refractivity contribution in [1.29, 1.82) is 0 Å². The largest absolute Gasteiger partial charge is 0.309 e. The molecule has 4 heteroatoms. The van der Waals surface area contributed by atoms with Crippen molar-refractivity contribution in [3.63, 3.8) is 0 Å². The standard InChI is InChI=1S/C49H31N2OP/c52-53(38-14-2-1-3-15-38,47-20-10-13-32-11-4-6-16-40(32)47)39-26-23-35-29-34(21-22-36(35)30-39)37-25-27-42-43-28-24-33-12-5-7-17-41(33)48(43)49-50-44-18-8-9-19-45(44)51(49)46(42)31-37/h1-31H. The maximum atomic E-state index is 15.6. The monoisotopic (exact) mass is 694 g/mol. The lowest BCUT2D eigenvalue weighted by Gasteiger charge is -2.22. The lowest BCUT2D eigenvalue weighted by atomic mass is 9.96. The van der Waals surface area contributed by atoms with Crippen LogP contribution in [0.2, 0.25) is 0 Å². The number of hydrogen-bond donors (Lipinski definition) is 0. The summed E-state index contributed by atoms with van der Waals surface area (Å²) in [6.45, 7) is 0. The van der Waals surface area contributed by atoms with Gasteiger partial charge in [-0.3, -0.25) is 4.40 Å². The van der Waals surface area contributed by atoms with E-state index in [1.165, 1.54) is 26.9 Å². The van der Waals surface area contributed by atoms with Crippen molar-refractivity contribution in [1.82, 2.24) is 9.38 Å². The van der Waals surface area contributed by atoms with Gasteiger partial charge in [-0.25, -0.2) is 4.98 Å². The van der Waals surface area contributed by atoms with Crippen molar-refractivity contribution in [2.75, 3.05) is 0 Å². The van der Waals surface area contributed by atoms with E-state index in [1.54, 1.807) is 0 Å². The summed E-state index contributed by atoms with van der Waals surface area (Å²) in [5.74, 6) is 0. The molecule has 0 saturated heterocycles. The summed E-state index contributed by atoms with van der Waals surface area (Å²) >= 11 is 0. The topological polar surface area (TPSA) is 34.4 Å². The number of fused-ring (bicyclic) bond motifs is 12. The van der Waals surface area contributed by atoms with Gasteiger partial charge < -0.3 is 4.57 Å². The third-order valence-electron chi connectivity index (χ3n) is 11.0. The Morgan fingerprint density at radius 3 is 1.94 bits per heavy atom. The first kappa shape index (κ1) is 30.1. The number of pyridine rings is 1. The SMILES string of the molecule is O=P(c1ccccc1)(c1ccc2cc(-c3ccc4c5ccc6ccccc6c5c5nc6ccccc6n5c4c3)ccc2c1)c1cccc2ccccc12. The van der Waals surface area contributed by atoms with Crippen LogP contribution in [0, 0.1) is 0 Å². The Bertz CT molecular complexity index is 3320. The zero-order valence-electron chi connectivity index (χ0n) is 28.6. The first-order valence-corrected chi connectivity index (χ1v) is 19.7. The Kier molecular flexibility index (Phi) is 6.53. The molecule has 248 valence electrons. The molecule has 0 aliphatic rings. The number of imidazole rings is 1. The quantitative estimate of drug-likeness (QED) is 0.136. The third-order valence-corrected chi connectivity index (χ3v) is 14.1. The Morgan fingerprint density at radius 1 is 0.415 bits per heavy atom. The number of nitrogens with zero attached hydrogens (tertiary/aromatic N) is 2. The molecule has 0 aliphatic heterocycles. The fraction of sp³-hybridized carbons (Fsp3) is 0. The van der Waals surface area contributed by atoms with Gasteiger partial charge in [0.1, 0.15) is 5.65 Å². The number of hydrogen-bond acceptors (Lipinski definition) is 2. The lowest BCUT2D eigenvalue weighted by molar-refractivity contribution is 0.592. The van der Waals surface area contributed by atoms with E-state index in [4.69, 9.17) is 4.98 Å². The Hall–Kier alpha value is -6.54. The summed E-state index contributed by atoms with van der Waals surface area (Å²) in [5.41, 5.74) is 6.44. The minimum atomic E-state index is -3.21. The molecule has 0 amide bonds. The van der Waals surface area contributed by atoms with Crippen molar-refractivity contribution in [3.05, 3.63) is 188 Å². The summed E-state index contributed by atoms with van der Waals surface area (Å²) < 4.78 is 18.0. The van der Waals surface area contributed by atoms with Gasteiger partial charge in [-0.2, -0.15) is 0 Å². The predicted molar refractivity (Wildman–Crippen MR) is 225 cm³/mol. The van der Waals surface area contributed by atoms with E-state index in [0.29, 0.717) is 0 Å². The highest BCUT2D eigenvalue weighted by atomic mass is 31.2. The highest BCUT2D eigenvalue weighted by molar-refractivity contribution is 7.85. The molecule has 0 bridgehead atoms. The van der Waals surface area contributed by atoms with Crippen molar-refractivity contribution in [2.24, 2.45) is 0 Å². The predicted octanol–water partition coefficient (Wildman–Crippen LogP) is 11.6. The van der Waals surface area contributed by atoms with Gasteiger partial charge in [-0.1, -0.05) is 158 Å². The van der Waals surface area contributed by atoms with Gasteiger partial charge >= 0.3 is 0 Å². The van der Waals surface area contributed by atoms with Crippen molar-refractivity contribution in [2.45, 2.75) is 0 Å². The van der Waals surface area contributed by atoms with E-state index >= 15 is 4.57 Å². The van der Waals surface area contributed by atoms with Crippen molar-refractivity contribution in [3.8, 4) is 11.1 Å². The average Bonchev–Trinajstić information content (AvgIpc) is 3.62. The van der Waals surface area contributed by atoms with Crippen LogP contribution in [0.15, 0.2) is 188 Å². The molecule has 3 nitrogen and oxygen atoms in total. The van der Waals surface area contributed by atoms with Gasteiger partial charge in [-0.05, 0) is 79.2 Å². The van der Waals surface area contributed by atoms with Crippen LogP contribution in [0.5, 0.6) is 0 Å². The van der Waals surface area contributed by atoms with E-state index in [2.05, 4.69) is 138 Å². The van der Waals surface area contributed by atoms with Crippen LogP contribution in [0.1, 0.15) is 0 Å². The molecule has 0 fully saturated rings. The van der Waals surface area contributed by atoms with Gasteiger partial charge in [0.2, 0.25) is 0 Å². The van der Waals surface area contributed by atoms with Crippen LogP contribution in [-0.4, -0.2) is 9.38 Å². The Morgan fingerprint density at radius 2 is 1.06 bits per heavy atom.